The lowest BCUT2D eigenvalue weighted by Crippen LogP contribution is -2.42. The zero-order valence-corrected chi connectivity index (χ0v) is 15.7. The van der Waals surface area contributed by atoms with Crippen molar-refractivity contribution in [2.75, 3.05) is 26.2 Å². The second-order valence-corrected chi connectivity index (χ2v) is 7.75. The van der Waals surface area contributed by atoms with Crippen LogP contribution < -0.4 is 10.9 Å². The molecule has 1 aromatic carbocycles. The van der Waals surface area contributed by atoms with E-state index in [2.05, 4.69) is 34.1 Å². The summed E-state index contributed by atoms with van der Waals surface area (Å²) in [6.45, 7) is 8.13. The molecular weight excluding hydrogens is 342 g/mol. The van der Waals surface area contributed by atoms with Gasteiger partial charge in [0.2, 0.25) is 0 Å². The molecule has 2 unspecified atom stereocenters. The van der Waals surface area contributed by atoms with Gasteiger partial charge >= 0.3 is 0 Å². The van der Waals surface area contributed by atoms with E-state index >= 15 is 0 Å². The van der Waals surface area contributed by atoms with Crippen molar-refractivity contribution in [3.8, 4) is 0 Å². The van der Waals surface area contributed by atoms with Crippen LogP contribution >= 0.6 is 0 Å². The molecule has 2 N–H and O–H groups in total. The van der Waals surface area contributed by atoms with Gasteiger partial charge in [-0.25, -0.2) is 4.52 Å². The average Bonchev–Trinajstić information content (AvgIpc) is 3.05. The molecule has 3 heterocycles. The first-order valence-corrected chi connectivity index (χ1v) is 9.52. The molecule has 1 saturated heterocycles. The Kier molecular flexibility index (Phi) is 4.70. The molecule has 1 amide bonds. The number of fused-ring (bicyclic) bond motifs is 3. The van der Waals surface area contributed by atoms with Gasteiger partial charge in [-0.2, -0.15) is 5.10 Å². The molecule has 4 rings (SSSR count). The number of amides is 1. The van der Waals surface area contributed by atoms with Crippen LogP contribution in [0, 0.1) is 11.8 Å². The fourth-order valence-electron chi connectivity index (χ4n) is 4.24. The molecule has 0 aliphatic carbocycles. The number of piperidine rings is 1. The second kappa shape index (κ2) is 7.15. The van der Waals surface area contributed by atoms with Gasteiger partial charge in [0.1, 0.15) is 11.2 Å². The number of nitrogens with one attached hydrogen (secondary N) is 2. The van der Waals surface area contributed by atoms with E-state index in [0.717, 1.165) is 19.6 Å². The number of hydrogen-bond donors (Lipinski definition) is 2. The first-order chi connectivity index (χ1) is 13.0. The maximum absolute atomic E-state index is 12.6. The zero-order chi connectivity index (χ0) is 19.0. The van der Waals surface area contributed by atoms with Crippen molar-refractivity contribution in [3.63, 3.8) is 0 Å². The van der Waals surface area contributed by atoms with E-state index in [1.54, 1.807) is 10.6 Å². The molecule has 1 fully saturated rings. The monoisotopic (exact) mass is 367 g/mol. The molecule has 27 heavy (non-hydrogen) atoms. The third-order valence-electron chi connectivity index (χ3n) is 5.28. The molecule has 3 aromatic rings. The Bertz CT molecular complexity index is 1030. The number of rotatable bonds is 4. The van der Waals surface area contributed by atoms with Crippen LogP contribution in [0.5, 0.6) is 0 Å². The summed E-state index contributed by atoms with van der Waals surface area (Å²) >= 11 is 0. The van der Waals surface area contributed by atoms with Crippen molar-refractivity contribution < 1.29 is 4.79 Å². The topological polar surface area (TPSA) is 82.5 Å². The maximum atomic E-state index is 12.6. The van der Waals surface area contributed by atoms with E-state index in [1.165, 1.54) is 12.6 Å². The molecule has 142 valence electrons. The SMILES string of the molecule is CC1CC(C)CN(CCNC(=O)c2cnn3c2[nH]c(=O)c2ccccc23)C1. The number of carbonyl (C=O) groups excluding carboxylic acids is 1. The van der Waals surface area contributed by atoms with E-state index in [1.807, 2.05) is 18.2 Å². The van der Waals surface area contributed by atoms with Crippen LogP contribution in [-0.4, -0.2) is 51.6 Å². The van der Waals surface area contributed by atoms with Crippen LogP contribution in [0.1, 0.15) is 30.6 Å². The molecule has 0 bridgehead atoms. The molecule has 1 aliphatic heterocycles. The predicted octanol–water partition coefficient (Wildman–Crippen LogP) is 1.88. The predicted molar refractivity (Wildman–Crippen MR) is 105 cm³/mol. The van der Waals surface area contributed by atoms with Gasteiger partial charge in [0, 0.05) is 26.2 Å². The van der Waals surface area contributed by atoms with Crippen molar-refractivity contribution in [3.05, 3.63) is 46.4 Å². The average molecular weight is 367 g/mol. The van der Waals surface area contributed by atoms with E-state index < -0.39 is 0 Å². The van der Waals surface area contributed by atoms with Gasteiger partial charge in [-0.15, -0.1) is 0 Å². The standard InChI is InChI=1S/C20H25N5O2/c1-13-9-14(2)12-24(11-13)8-7-21-19(26)16-10-22-25-17-6-4-3-5-15(17)20(27)23-18(16)25/h3-6,10,13-14H,7-9,11-12H2,1-2H3,(H,21,26)(H,23,27). The van der Waals surface area contributed by atoms with Gasteiger partial charge in [-0.1, -0.05) is 26.0 Å². The molecule has 0 saturated carbocycles. The summed E-state index contributed by atoms with van der Waals surface area (Å²) in [5.41, 5.74) is 1.28. The highest BCUT2D eigenvalue weighted by molar-refractivity contribution is 6.00. The normalized spacial score (nSPS) is 21.0. The van der Waals surface area contributed by atoms with Gasteiger partial charge < -0.3 is 15.2 Å². The summed E-state index contributed by atoms with van der Waals surface area (Å²) < 4.78 is 1.61. The second-order valence-electron chi connectivity index (χ2n) is 7.75. The van der Waals surface area contributed by atoms with E-state index in [4.69, 9.17) is 0 Å². The summed E-state index contributed by atoms with van der Waals surface area (Å²) in [5.74, 6) is 1.18. The number of para-hydroxylation sites is 1. The lowest BCUT2D eigenvalue weighted by atomic mass is 9.92. The molecule has 2 aromatic heterocycles. The number of carbonyl (C=O) groups is 1. The largest absolute Gasteiger partial charge is 0.351 e. The zero-order valence-electron chi connectivity index (χ0n) is 15.7. The van der Waals surface area contributed by atoms with Crippen LogP contribution in [0.15, 0.2) is 35.3 Å². The number of likely N-dealkylation sites (tertiary alicyclic amines) is 1. The third kappa shape index (κ3) is 3.47. The summed E-state index contributed by atoms with van der Waals surface area (Å²) in [7, 11) is 0. The fourth-order valence-corrected chi connectivity index (χ4v) is 4.24. The van der Waals surface area contributed by atoms with Gasteiger partial charge in [-0.3, -0.25) is 9.59 Å². The van der Waals surface area contributed by atoms with Gasteiger partial charge in [0.05, 0.1) is 17.1 Å². The summed E-state index contributed by atoms with van der Waals surface area (Å²) in [5, 5.41) is 7.82. The molecule has 0 spiro atoms. The molecule has 7 heteroatoms. The maximum Gasteiger partial charge on any atom is 0.259 e. The van der Waals surface area contributed by atoms with Crippen LogP contribution in [-0.2, 0) is 0 Å². The fraction of sp³-hybridized carbons (Fsp3) is 0.450. The van der Waals surface area contributed by atoms with Gasteiger partial charge in [0.25, 0.3) is 11.5 Å². The molecule has 7 nitrogen and oxygen atoms in total. The highest BCUT2D eigenvalue weighted by Crippen LogP contribution is 2.20. The Morgan fingerprint density at radius 1 is 1.26 bits per heavy atom. The smallest absolute Gasteiger partial charge is 0.259 e. The number of aromatic nitrogens is 3. The minimum absolute atomic E-state index is 0.214. The quantitative estimate of drug-likeness (QED) is 0.738. The summed E-state index contributed by atoms with van der Waals surface area (Å²) in [6.07, 6.45) is 2.78. The van der Waals surface area contributed by atoms with Crippen molar-refractivity contribution in [2.24, 2.45) is 11.8 Å². The van der Waals surface area contributed by atoms with E-state index in [-0.39, 0.29) is 11.5 Å². The molecular formula is C20H25N5O2. The Balaban J connectivity index is 1.49. The van der Waals surface area contributed by atoms with Crippen LogP contribution in [0.25, 0.3) is 16.6 Å². The Hall–Kier alpha value is -2.67. The first-order valence-electron chi connectivity index (χ1n) is 9.52. The van der Waals surface area contributed by atoms with Crippen molar-refractivity contribution >= 4 is 22.5 Å². The number of benzene rings is 1. The number of nitrogens with zero attached hydrogens (tertiary/aromatic N) is 3. The highest BCUT2D eigenvalue weighted by Gasteiger charge is 2.22. The van der Waals surface area contributed by atoms with Crippen molar-refractivity contribution in [1.29, 1.82) is 0 Å². The van der Waals surface area contributed by atoms with E-state index in [0.29, 0.717) is 40.5 Å². The molecule has 0 radical (unpaired) electrons. The summed E-state index contributed by atoms with van der Waals surface area (Å²) in [6, 6.07) is 7.23. The third-order valence-corrected chi connectivity index (χ3v) is 5.28. The van der Waals surface area contributed by atoms with Gasteiger partial charge in [-0.05, 0) is 30.4 Å². The van der Waals surface area contributed by atoms with Crippen LogP contribution in [0.4, 0.5) is 0 Å². The molecule has 2 atom stereocenters. The van der Waals surface area contributed by atoms with Crippen LogP contribution in [0.2, 0.25) is 0 Å². The Labute approximate surface area is 157 Å². The first kappa shape index (κ1) is 17.7. The Morgan fingerprint density at radius 2 is 2.00 bits per heavy atom. The minimum Gasteiger partial charge on any atom is -0.351 e. The minimum atomic E-state index is -0.219. The van der Waals surface area contributed by atoms with Crippen molar-refractivity contribution in [2.45, 2.75) is 20.3 Å². The lowest BCUT2D eigenvalue weighted by Gasteiger charge is -2.34. The highest BCUT2D eigenvalue weighted by atomic mass is 16.2. The van der Waals surface area contributed by atoms with Gasteiger partial charge in [0.15, 0.2) is 0 Å². The number of aromatic amines is 1. The Morgan fingerprint density at radius 3 is 2.78 bits per heavy atom. The molecule has 1 aliphatic rings. The number of hydrogen-bond acceptors (Lipinski definition) is 4. The summed E-state index contributed by atoms with van der Waals surface area (Å²) in [4.78, 5) is 30.1. The number of H-pyrrole nitrogens is 1. The van der Waals surface area contributed by atoms with Crippen LogP contribution in [0.3, 0.4) is 0 Å². The van der Waals surface area contributed by atoms with E-state index in [9.17, 15) is 9.59 Å². The van der Waals surface area contributed by atoms with Crippen molar-refractivity contribution in [1.82, 2.24) is 24.8 Å². The lowest BCUT2D eigenvalue weighted by molar-refractivity contribution is 0.0938.